The van der Waals surface area contributed by atoms with E-state index in [1.807, 2.05) is 66.7 Å². The molecule has 1 heterocycles. The molecule has 0 aromatic heterocycles. The van der Waals surface area contributed by atoms with Gasteiger partial charge in [-0.05, 0) is 28.8 Å². The zero-order valence-electron chi connectivity index (χ0n) is 14.1. The van der Waals surface area contributed by atoms with Crippen LogP contribution in [0, 0.1) is 0 Å². The lowest BCUT2D eigenvalue weighted by molar-refractivity contribution is 0.0943. The van der Waals surface area contributed by atoms with Crippen LogP contribution >= 0.6 is 0 Å². The molecule has 0 bridgehead atoms. The molecule has 3 aromatic carbocycles. The van der Waals surface area contributed by atoms with Gasteiger partial charge in [-0.3, -0.25) is 9.59 Å². The summed E-state index contributed by atoms with van der Waals surface area (Å²) >= 11 is 0. The van der Waals surface area contributed by atoms with E-state index in [1.54, 1.807) is 12.1 Å². The van der Waals surface area contributed by atoms with Crippen molar-refractivity contribution in [3.05, 3.63) is 107 Å². The largest absolute Gasteiger partial charge is 0.348 e. The minimum atomic E-state index is -0.257. The Kier molecular flexibility index (Phi) is 4.23. The van der Waals surface area contributed by atoms with Gasteiger partial charge in [0.05, 0.1) is 6.04 Å². The number of amides is 2. The van der Waals surface area contributed by atoms with Crippen molar-refractivity contribution in [1.82, 2.24) is 10.6 Å². The standard InChI is InChI=1S/C22H18N2O2/c25-21(17-11-12-18-14-23-22(26)19(18)13-17)24-20(15-7-3-1-4-8-15)16-9-5-2-6-10-16/h1-13,20H,14H2,(H,23,26)(H,24,25). The lowest BCUT2D eigenvalue weighted by Gasteiger charge is -2.20. The van der Waals surface area contributed by atoms with Gasteiger partial charge in [-0.1, -0.05) is 66.7 Å². The molecule has 0 radical (unpaired) electrons. The molecule has 0 fully saturated rings. The van der Waals surface area contributed by atoms with Crippen molar-refractivity contribution < 1.29 is 9.59 Å². The van der Waals surface area contributed by atoms with Crippen LogP contribution in [0.4, 0.5) is 0 Å². The van der Waals surface area contributed by atoms with Gasteiger partial charge in [-0.15, -0.1) is 0 Å². The number of fused-ring (bicyclic) bond motifs is 1. The summed E-state index contributed by atoms with van der Waals surface area (Å²) in [4.78, 5) is 24.7. The van der Waals surface area contributed by atoms with E-state index in [9.17, 15) is 9.59 Å². The fourth-order valence-electron chi connectivity index (χ4n) is 3.22. The van der Waals surface area contributed by atoms with Crippen molar-refractivity contribution in [3.63, 3.8) is 0 Å². The molecule has 0 aliphatic carbocycles. The van der Waals surface area contributed by atoms with Crippen LogP contribution in [0.2, 0.25) is 0 Å². The number of carbonyl (C=O) groups excluding carboxylic acids is 2. The van der Waals surface area contributed by atoms with Crippen LogP contribution in [0.3, 0.4) is 0 Å². The van der Waals surface area contributed by atoms with Crippen molar-refractivity contribution >= 4 is 11.8 Å². The number of rotatable bonds is 4. The first-order valence-electron chi connectivity index (χ1n) is 8.54. The molecule has 4 nitrogen and oxygen atoms in total. The molecule has 0 atom stereocenters. The first-order chi connectivity index (χ1) is 12.7. The van der Waals surface area contributed by atoms with Crippen molar-refractivity contribution in [2.45, 2.75) is 12.6 Å². The van der Waals surface area contributed by atoms with E-state index in [4.69, 9.17) is 0 Å². The second-order valence-electron chi connectivity index (χ2n) is 6.28. The van der Waals surface area contributed by atoms with E-state index in [-0.39, 0.29) is 17.9 Å². The maximum atomic E-state index is 12.9. The third-order valence-electron chi connectivity index (χ3n) is 4.60. The Morgan fingerprint density at radius 3 is 2.12 bits per heavy atom. The summed E-state index contributed by atoms with van der Waals surface area (Å²) in [6.45, 7) is 0.521. The highest BCUT2D eigenvalue weighted by atomic mass is 16.2. The summed E-state index contributed by atoms with van der Waals surface area (Å²) in [5, 5.41) is 5.87. The summed E-state index contributed by atoms with van der Waals surface area (Å²) in [6.07, 6.45) is 0. The fraction of sp³-hybridized carbons (Fsp3) is 0.0909. The lowest BCUT2D eigenvalue weighted by atomic mass is 9.98. The Labute approximate surface area is 151 Å². The van der Waals surface area contributed by atoms with E-state index in [0.29, 0.717) is 17.7 Å². The summed E-state index contributed by atoms with van der Waals surface area (Å²) < 4.78 is 0. The summed E-state index contributed by atoms with van der Waals surface area (Å²) in [5.74, 6) is -0.331. The molecular weight excluding hydrogens is 324 g/mol. The summed E-state index contributed by atoms with van der Waals surface area (Å²) in [5.41, 5.74) is 4.00. The number of hydrogen-bond donors (Lipinski definition) is 2. The van der Waals surface area contributed by atoms with Gasteiger partial charge in [0, 0.05) is 17.7 Å². The van der Waals surface area contributed by atoms with Crippen LogP contribution in [0.1, 0.15) is 43.4 Å². The van der Waals surface area contributed by atoms with Crippen LogP contribution in [-0.2, 0) is 6.54 Å². The van der Waals surface area contributed by atoms with Gasteiger partial charge >= 0.3 is 0 Å². The number of nitrogens with one attached hydrogen (secondary N) is 2. The molecule has 2 amide bonds. The SMILES string of the molecule is O=C(NC(c1ccccc1)c1ccccc1)c1ccc2c(c1)C(=O)NC2. The van der Waals surface area contributed by atoms with E-state index in [1.165, 1.54) is 0 Å². The van der Waals surface area contributed by atoms with Crippen LogP contribution < -0.4 is 10.6 Å². The van der Waals surface area contributed by atoms with Crippen LogP contribution in [0.5, 0.6) is 0 Å². The summed E-state index contributed by atoms with van der Waals surface area (Å²) in [6, 6.07) is 24.7. The first kappa shape index (κ1) is 16.1. The Morgan fingerprint density at radius 2 is 1.50 bits per heavy atom. The van der Waals surface area contributed by atoms with E-state index in [0.717, 1.165) is 16.7 Å². The molecule has 0 unspecified atom stereocenters. The quantitative estimate of drug-likeness (QED) is 0.763. The topological polar surface area (TPSA) is 58.2 Å². The zero-order chi connectivity index (χ0) is 17.9. The Hall–Kier alpha value is -3.40. The average Bonchev–Trinajstić information content (AvgIpc) is 3.07. The third kappa shape index (κ3) is 3.09. The molecule has 0 spiro atoms. The molecule has 4 heteroatoms. The number of hydrogen-bond acceptors (Lipinski definition) is 2. The monoisotopic (exact) mass is 342 g/mol. The second kappa shape index (κ2) is 6.84. The smallest absolute Gasteiger partial charge is 0.252 e. The lowest BCUT2D eigenvalue weighted by Crippen LogP contribution is -2.29. The molecule has 3 aromatic rings. The third-order valence-corrected chi connectivity index (χ3v) is 4.60. The first-order valence-corrected chi connectivity index (χ1v) is 8.54. The highest BCUT2D eigenvalue weighted by Crippen LogP contribution is 2.23. The Morgan fingerprint density at radius 1 is 0.885 bits per heavy atom. The molecular formula is C22H18N2O2. The normalized spacial score (nSPS) is 12.6. The minimum Gasteiger partial charge on any atom is -0.348 e. The van der Waals surface area contributed by atoms with Crippen LogP contribution in [0.25, 0.3) is 0 Å². The van der Waals surface area contributed by atoms with Gasteiger partial charge in [-0.25, -0.2) is 0 Å². The molecule has 1 aliphatic heterocycles. The number of benzene rings is 3. The van der Waals surface area contributed by atoms with Gasteiger partial charge < -0.3 is 10.6 Å². The van der Waals surface area contributed by atoms with Gasteiger partial charge in [0.15, 0.2) is 0 Å². The molecule has 0 saturated carbocycles. The fourth-order valence-corrected chi connectivity index (χ4v) is 3.22. The van der Waals surface area contributed by atoms with Gasteiger partial charge in [0.1, 0.15) is 0 Å². The predicted octanol–water partition coefficient (Wildman–Crippen LogP) is 3.45. The molecule has 26 heavy (non-hydrogen) atoms. The molecule has 128 valence electrons. The van der Waals surface area contributed by atoms with Crippen molar-refractivity contribution in [1.29, 1.82) is 0 Å². The van der Waals surface area contributed by atoms with Crippen LogP contribution in [0.15, 0.2) is 78.9 Å². The molecule has 2 N–H and O–H groups in total. The highest BCUT2D eigenvalue weighted by molar-refractivity contribution is 6.02. The molecule has 1 aliphatic rings. The Bertz CT molecular complexity index is 913. The van der Waals surface area contributed by atoms with E-state index >= 15 is 0 Å². The van der Waals surface area contributed by atoms with Gasteiger partial charge in [-0.2, -0.15) is 0 Å². The molecule has 0 saturated heterocycles. The average molecular weight is 342 g/mol. The van der Waals surface area contributed by atoms with Crippen molar-refractivity contribution in [2.75, 3.05) is 0 Å². The zero-order valence-corrected chi connectivity index (χ0v) is 14.1. The van der Waals surface area contributed by atoms with Crippen molar-refractivity contribution in [2.24, 2.45) is 0 Å². The summed E-state index contributed by atoms with van der Waals surface area (Å²) in [7, 11) is 0. The number of carbonyl (C=O) groups is 2. The van der Waals surface area contributed by atoms with Gasteiger partial charge in [0.25, 0.3) is 11.8 Å². The van der Waals surface area contributed by atoms with Gasteiger partial charge in [0.2, 0.25) is 0 Å². The van der Waals surface area contributed by atoms with E-state index < -0.39 is 0 Å². The van der Waals surface area contributed by atoms with Crippen molar-refractivity contribution in [3.8, 4) is 0 Å². The maximum Gasteiger partial charge on any atom is 0.252 e. The second-order valence-corrected chi connectivity index (χ2v) is 6.28. The predicted molar refractivity (Wildman–Crippen MR) is 99.8 cm³/mol. The maximum absolute atomic E-state index is 12.9. The van der Waals surface area contributed by atoms with Crippen LogP contribution in [-0.4, -0.2) is 11.8 Å². The molecule has 4 rings (SSSR count). The minimum absolute atomic E-state index is 0.127. The highest BCUT2D eigenvalue weighted by Gasteiger charge is 2.22. The van der Waals surface area contributed by atoms with E-state index in [2.05, 4.69) is 10.6 Å². The Balaban J connectivity index is 1.65.